The van der Waals surface area contributed by atoms with Crippen LogP contribution in [-0.2, 0) is 11.2 Å². The molecular formula is C13H20N2O. The van der Waals surface area contributed by atoms with Crippen LogP contribution in [-0.4, -0.2) is 11.9 Å². The van der Waals surface area contributed by atoms with Crippen molar-refractivity contribution in [3.05, 3.63) is 29.8 Å². The lowest BCUT2D eigenvalue weighted by atomic mass is 10.1. The van der Waals surface area contributed by atoms with Crippen LogP contribution in [0.2, 0.25) is 0 Å². The zero-order valence-electron chi connectivity index (χ0n) is 9.99. The average Bonchev–Trinajstić information content (AvgIpc) is 2.31. The minimum absolute atomic E-state index is 0.106. The molecule has 0 spiro atoms. The lowest BCUT2D eigenvalue weighted by Crippen LogP contribution is -2.35. The van der Waals surface area contributed by atoms with Crippen LogP contribution >= 0.6 is 0 Å². The van der Waals surface area contributed by atoms with E-state index in [-0.39, 0.29) is 5.91 Å². The van der Waals surface area contributed by atoms with Crippen molar-refractivity contribution in [3.63, 3.8) is 0 Å². The van der Waals surface area contributed by atoms with Crippen molar-refractivity contribution in [2.24, 2.45) is 5.73 Å². The van der Waals surface area contributed by atoms with Gasteiger partial charge in [0, 0.05) is 5.69 Å². The van der Waals surface area contributed by atoms with E-state index in [2.05, 4.69) is 12.2 Å². The second-order valence-electron chi connectivity index (χ2n) is 3.91. The van der Waals surface area contributed by atoms with Gasteiger partial charge in [-0.2, -0.15) is 0 Å². The highest BCUT2D eigenvalue weighted by Gasteiger charge is 2.12. The zero-order valence-corrected chi connectivity index (χ0v) is 9.99. The standard InChI is InChI=1S/C13H20N2O/c1-3-7-10-8-5-6-9-12(10)15-13(16)11(14)4-2/h5-6,8-9,11H,3-4,7,14H2,1-2H3,(H,15,16). The molecule has 0 aliphatic carbocycles. The molecule has 88 valence electrons. The van der Waals surface area contributed by atoms with Gasteiger partial charge in [-0.25, -0.2) is 0 Å². The second kappa shape index (κ2) is 6.28. The first-order chi connectivity index (χ1) is 7.69. The number of anilines is 1. The molecule has 3 N–H and O–H groups in total. The van der Waals surface area contributed by atoms with E-state index >= 15 is 0 Å². The summed E-state index contributed by atoms with van der Waals surface area (Å²) in [7, 11) is 0. The number of carbonyl (C=O) groups is 1. The first-order valence-corrected chi connectivity index (χ1v) is 5.83. The van der Waals surface area contributed by atoms with Crippen molar-refractivity contribution >= 4 is 11.6 Å². The SMILES string of the molecule is CCCc1ccccc1NC(=O)C(N)CC. The molecule has 0 fully saturated rings. The van der Waals surface area contributed by atoms with Gasteiger partial charge in [-0.15, -0.1) is 0 Å². The predicted molar refractivity (Wildman–Crippen MR) is 67.3 cm³/mol. The molecule has 1 aromatic rings. The molecule has 1 rings (SSSR count). The van der Waals surface area contributed by atoms with Crippen LogP contribution in [0.5, 0.6) is 0 Å². The van der Waals surface area contributed by atoms with Crippen molar-refractivity contribution < 1.29 is 4.79 Å². The Labute approximate surface area is 97.0 Å². The number of carbonyl (C=O) groups excluding carboxylic acids is 1. The lowest BCUT2D eigenvalue weighted by Gasteiger charge is -2.13. The normalized spacial score (nSPS) is 12.2. The van der Waals surface area contributed by atoms with Gasteiger partial charge in [0.05, 0.1) is 6.04 Å². The summed E-state index contributed by atoms with van der Waals surface area (Å²) in [5, 5.41) is 2.88. The van der Waals surface area contributed by atoms with E-state index in [4.69, 9.17) is 5.73 Å². The number of hydrogen-bond acceptors (Lipinski definition) is 2. The molecule has 0 heterocycles. The van der Waals surface area contributed by atoms with Gasteiger partial charge in [0.15, 0.2) is 0 Å². The van der Waals surface area contributed by atoms with Crippen LogP contribution in [0.25, 0.3) is 0 Å². The number of amides is 1. The molecule has 0 radical (unpaired) electrons. The Hall–Kier alpha value is -1.35. The van der Waals surface area contributed by atoms with Gasteiger partial charge in [0.2, 0.25) is 5.91 Å². The van der Waals surface area contributed by atoms with E-state index in [1.807, 2.05) is 31.2 Å². The fraction of sp³-hybridized carbons (Fsp3) is 0.462. The maximum Gasteiger partial charge on any atom is 0.241 e. The predicted octanol–water partition coefficient (Wildman–Crippen LogP) is 2.31. The summed E-state index contributed by atoms with van der Waals surface area (Å²) < 4.78 is 0. The van der Waals surface area contributed by atoms with Gasteiger partial charge in [0.1, 0.15) is 0 Å². The summed E-state index contributed by atoms with van der Waals surface area (Å²) in [5.74, 6) is -0.106. The number of aryl methyl sites for hydroxylation is 1. The largest absolute Gasteiger partial charge is 0.324 e. The lowest BCUT2D eigenvalue weighted by molar-refractivity contribution is -0.117. The van der Waals surface area contributed by atoms with Crippen molar-refractivity contribution in [1.82, 2.24) is 0 Å². The van der Waals surface area contributed by atoms with E-state index < -0.39 is 6.04 Å². The van der Waals surface area contributed by atoms with E-state index in [9.17, 15) is 4.79 Å². The van der Waals surface area contributed by atoms with Crippen LogP contribution in [0.1, 0.15) is 32.3 Å². The average molecular weight is 220 g/mol. The monoisotopic (exact) mass is 220 g/mol. The molecule has 3 nitrogen and oxygen atoms in total. The number of nitrogens with one attached hydrogen (secondary N) is 1. The highest BCUT2D eigenvalue weighted by Crippen LogP contribution is 2.16. The van der Waals surface area contributed by atoms with Crippen molar-refractivity contribution in [2.45, 2.75) is 39.2 Å². The zero-order chi connectivity index (χ0) is 12.0. The Morgan fingerprint density at radius 1 is 1.38 bits per heavy atom. The fourth-order valence-corrected chi connectivity index (χ4v) is 1.54. The van der Waals surface area contributed by atoms with E-state index in [0.29, 0.717) is 6.42 Å². The fourth-order valence-electron chi connectivity index (χ4n) is 1.54. The number of rotatable bonds is 5. The minimum Gasteiger partial charge on any atom is -0.324 e. The Morgan fingerprint density at radius 2 is 2.06 bits per heavy atom. The molecule has 3 heteroatoms. The van der Waals surface area contributed by atoms with Gasteiger partial charge in [-0.3, -0.25) is 4.79 Å². The molecule has 1 amide bonds. The van der Waals surface area contributed by atoms with Crippen LogP contribution < -0.4 is 11.1 Å². The topological polar surface area (TPSA) is 55.1 Å². The Morgan fingerprint density at radius 3 is 2.69 bits per heavy atom. The third-order valence-corrected chi connectivity index (χ3v) is 2.57. The van der Waals surface area contributed by atoms with Gasteiger partial charge in [0.25, 0.3) is 0 Å². The number of nitrogens with two attached hydrogens (primary N) is 1. The molecule has 1 aromatic carbocycles. The van der Waals surface area contributed by atoms with Crippen molar-refractivity contribution in [1.29, 1.82) is 0 Å². The number of para-hydroxylation sites is 1. The first-order valence-electron chi connectivity index (χ1n) is 5.83. The van der Waals surface area contributed by atoms with E-state index in [0.717, 1.165) is 18.5 Å². The number of benzene rings is 1. The molecule has 0 aliphatic heterocycles. The molecular weight excluding hydrogens is 200 g/mol. The maximum absolute atomic E-state index is 11.7. The summed E-state index contributed by atoms with van der Waals surface area (Å²) in [6.45, 7) is 4.03. The van der Waals surface area contributed by atoms with Gasteiger partial charge < -0.3 is 11.1 Å². The summed E-state index contributed by atoms with van der Waals surface area (Å²) in [5.41, 5.74) is 7.73. The third-order valence-electron chi connectivity index (χ3n) is 2.57. The summed E-state index contributed by atoms with van der Waals surface area (Å²) in [6, 6.07) is 7.45. The molecule has 1 unspecified atom stereocenters. The van der Waals surface area contributed by atoms with Crippen LogP contribution in [0.3, 0.4) is 0 Å². The molecule has 16 heavy (non-hydrogen) atoms. The Kier molecular flexibility index (Phi) is 4.99. The van der Waals surface area contributed by atoms with Crippen molar-refractivity contribution in [2.75, 3.05) is 5.32 Å². The van der Waals surface area contributed by atoms with E-state index in [1.54, 1.807) is 0 Å². The molecule has 0 aromatic heterocycles. The van der Waals surface area contributed by atoms with Crippen molar-refractivity contribution in [3.8, 4) is 0 Å². The van der Waals surface area contributed by atoms with Crippen LogP contribution in [0.15, 0.2) is 24.3 Å². The van der Waals surface area contributed by atoms with Crippen LogP contribution in [0.4, 0.5) is 5.69 Å². The summed E-state index contributed by atoms with van der Waals surface area (Å²) in [4.78, 5) is 11.7. The maximum atomic E-state index is 11.7. The number of hydrogen-bond donors (Lipinski definition) is 2. The summed E-state index contributed by atoms with van der Waals surface area (Å²) in [6.07, 6.45) is 2.69. The van der Waals surface area contributed by atoms with Gasteiger partial charge in [-0.1, -0.05) is 38.5 Å². The molecule has 1 atom stereocenters. The van der Waals surface area contributed by atoms with Crippen LogP contribution in [0, 0.1) is 0 Å². The van der Waals surface area contributed by atoms with Gasteiger partial charge >= 0.3 is 0 Å². The highest BCUT2D eigenvalue weighted by atomic mass is 16.2. The van der Waals surface area contributed by atoms with E-state index in [1.165, 1.54) is 5.56 Å². The molecule has 0 saturated carbocycles. The quantitative estimate of drug-likeness (QED) is 0.800. The Balaban J connectivity index is 2.76. The first kappa shape index (κ1) is 12.7. The third kappa shape index (κ3) is 3.35. The Bertz CT molecular complexity index is 350. The molecule has 0 saturated heterocycles. The minimum atomic E-state index is -0.422. The second-order valence-corrected chi connectivity index (χ2v) is 3.91. The smallest absolute Gasteiger partial charge is 0.241 e. The molecule has 0 aliphatic rings. The summed E-state index contributed by atoms with van der Waals surface area (Å²) >= 11 is 0. The van der Waals surface area contributed by atoms with Gasteiger partial charge in [-0.05, 0) is 24.5 Å². The molecule has 0 bridgehead atoms. The highest BCUT2D eigenvalue weighted by molar-refractivity contribution is 5.95.